The van der Waals surface area contributed by atoms with E-state index in [0.29, 0.717) is 29.5 Å². The molecule has 0 spiro atoms. The van der Waals surface area contributed by atoms with E-state index in [1.54, 1.807) is 17.0 Å². The van der Waals surface area contributed by atoms with Crippen molar-refractivity contribution in [2.75, 3.05) is 11.5 Å². The van der Waals surface area contributed by atoms with Crippen molar-refractivity contribution >= 4 is 23.2 Å². The van der Waals surface area contributed by atoms with Gasteiger partial charge in [0, 0.05) is 34.3 Å². The summed E-state index contributed by atoms with van der Waals surface area (Å²) in [6, 6.07) is 27.4. The number of carbonyl (C=O) groups is 1. The number of aromatic hydroxyl groups is 1. The van der Waals surface area contributed by atoms with Crippen LogP contribution < -0.4 is 9.64 Å². The molecule has 0 fully saturated rings. The summed E-state index contributed by atoms with van der Waals surface area (Å²) in [7, 11) is 0. The number of carbonyl (C=O) groups excluding carboxylic acids is 1. The number of phenols is 1. The second kappa shape index (κ2) is 8.23. The second-order valence-corrected chi connectivity index (χ2v) is 9.08. The fraction of sp³-hybridized carbons (Fsp3) is 0.138. The summed E-state index contributed by atoms with van der Waals surface area (Å²) in [5.41, 5.74) is 6.32. The van der Waals surface area contributed by atoms with Gasteiger partial charge in [0.1, 0.15) is 11.5 Å². The predicted octanol–water partition coefficient (Wildman–Crippen LogP) is 6.33. The van der Waals surface area contributed by atoms with Gasteiger partial charge in [-0.15, -0.1) is 0 Å². The van der Waals surface area contributed by atoms with Crippen molar-refractivity contribution in [3.05, 3.63) is 112 Å². The van der Waals surface area contributed by atoms with E-state index in [-0.39, 0.29) is 11.7 Å². The number of rotatable bonds is 4. The first-order chi connectivity index (χ1) is 16.6. The molecule has 168 valence electrons. The minimum absolute atomic E-state index is 0.0522. The van der Waals surface area contributed by atoms with Gasteiger partial charge in [-0.2, -0.15) is 0 Å². The van der Waals surface area contributed by atoms with Gasteiger partial charge in [-0.3, -0.25) is 4.79 Å². The fourth-order valence-electron chi connectivity index (χ4n) is 5.09. The molecule has 1 N–H and O–H groups in total. The Balaban J connectivity index is 1.45. The fourth-order valence-corrected chi connectivity index (χ4v) is 5.37. The molecule has 6 rings (SSSR count). The summed E-state index contributed by atoms with van der Waals surface area (Å²) in [6.45, 7) is 0.985. The third-order valence-corrected chi connectivity index (χ3v) is 7.03. The molecule has 4 nitrogen and oxygen atoms in total. The number of halogens is 1. The van der Waals surface area contributed by atoms with Crippen molar-refractivity contribution in [2.45, 2.75) is 18.9 Å². The van der Waals surface area contributed by atoms with Crippen molar-refractivity contribution in [3.63, 3.8) is 0 Å². The highest BCUT2D eigenvalue weighted by Gasteiger charge is 2.41. The number of fused-ring (bicyclic) bond motifs is 2. The Morgan fingerprint density at radius 3 is 2.62 bits per heavy atom. The molecule has 2 aliphatic rings. The van der Waals surface area contributed by atoms with Gasteiger partial charge in [0.05, 0.1) is 19.1 Å². The number of hydrogen-bond donors (Lipinski definition) is 1. The van der Waals surface area contributed by atoms with Gasteiger partial charge in [-0.1, -0.05) is 72.3 Å². The number of ether oxygens (including phenoxy) is 1. The van der Waals surface area contributed by atoms with Gasteiger partial charge in [0.15, 0.2) is 0 Å². The SMILES string of the molecule is O=C1C(c2cc3c(cc2O)OCC3)c2c(Cl)cccc2N1Cc1ccccc1-c1ccccc1. The lowest BCUT2D eigenvalue weighted by atomic mass is 9.90. The Labute approximate surface area is 203 Å². The maximum atomic E-state index is 13.9. The number of phenolic OH excluding ortho intramolecular Hbond substituents is 1. The summed E-state index contributed by atoms with van der Waals surface area (Å²) in [5.74, 6) is -0.0326. The Morgan fingerprint density at radius 2 is 1.76 bits per heavy atom. The Morgan fingerprint density at radius 1 is 0.971 bits per heavy atom. The maximum Gasteiger partial charge on any atom is 0.239 e. The smallest absolute Gasteiger partial charge is 0.239 e. The van der Waals surface area contributed by atoms with Crippen LogP contribution in [0.4, 0.5) is 5.69 Å². The number of benzene rings is 4. The summed E-state index contributed by atoms with van der Waals surface area (Å²) < 4.78 is 5.59. The van der Waals surface area contributed by atoms with E-state index in [2.05, 4.69) is 24.3 Å². The van der Waals surface area contributed by atoms with Crippen LogP contribution in [0.3, 0.4) is 0 Å². The molecule has 1 atom stereocenters. The maximum absolute atomic E-state index is 13.9. The van der Waals surface area contributed by atoms with E-state index >= 15 is 0 Å². The average Bonchev–Trinajstić information content (AvgIpc) is 3.42. The molecule has 4 aromatic carbocycles. The highest BCUT2D eigenvalue weighted by atomic mass is 35.5. The average molecular weight is 468 g/mol. The third-order valence-electron chi connectivity index (χ3n) is 6.70. The van der Waals surface area contributed by atoms with Crippen LogP contribution in [0.15, 0.2) is 84.9 Å². The number of amides is 1. The number of hydrogen-bond acceptors (Lipinski definition) is 3. The quantitative estimate of drug-likeness (QED) is 0.381. The molecule has 0 aliphatic carbocycles. The molecule has 1 amide bonds. The van der Waals surface area contributed by atoms with Crippen molar-refractivity contribution in [1.29, 1.82) is 0 Å². The van der Waals surface area contributed by atoms with Crippen LogP contribution in [0, 0.1) is 0 Å². The van der Waals surface area contributed by atoms with Crippen LogP contribution >= 0.6 is 11.6 Å². The van der Waals surface area contributed by atoms with Crippen LogP contribution in [0.5, 0.6) is 11.5 Å². The summed E-state index contributed by atoms with van der Waals surface area (Å²) in [5, 5.41) is 11.4. The van der Waals surface area contributed by atoms with E-state index in [1.807, 2.05) is 48.5 Å². The minimum Gasteiger partial charge on any atom is -0.507 e. The normalized spacial score (nSPS) is 16.3. The number of anilines is 1. The zero-order valence-corrected chi connectivity index (χ0v) is 19.1. The van der Waals surface area contributed by atoms with Crippen LogP contribution in [-0.4, -0.2) is 17.6 Å². The van der Waals surface area contributed by atoms with Crippen molar-refractivity contribution in [1.82, 2.24) is 0 Å². The van der Waals surface area contributed by atoms with Gasteiger partial charge in [0.25, 0.3) is 0 Å². The molecule has 0 saturated heterocycles. The number of nitrogens with zero attached hydrogens (tertiary/aromatic N) is 1. The zero-order chi connectivity index (χ0) is 23.2. The second-order valence-electron chi connectivity index (χ2n) is 8.67. The third kappa shape index (κ3) is 3.34. The van der Waals surface area contributed by atoms with Gasteiger partial charge in [-0.25, -0.2) is 0 Å². The van der Waals surface area contributed by atoms with Crippen molar-refractivity contribution < 1.29 is 14.6 Å². The van der Waals surface area contributed by atoms with Gasteiger partial charge in [-0.05, 0) is 40.5 Å². The molecule has 4 aromatic rings. The van der Waals surface area contributed by atoms with E-state index in [1.165, 1.54) is 0 Å². The molecule has 2 heterocycles. The highest BCUT2D eigenvalue weighted by Crippen LogP contribution is 2.49. The summed E-state index contributed by atoms with van der Waals surface area (Å²) >= 11 is 6.66. The van der Waals surface area contributed by atoms with Crippen molar-refractivity contribution in [3.8, 4) is 22.6 Å². The van der Waals surface area contributed by atoms with E-state index < -0.39 is 5.92 Å². The Hall–Kier alpha value is -3.76. The first-order valence-electron chi connectivity index (χ1n) is 11.3. The molecule has 0 bridgehead atoms. The van der Waals surface area contributed by atoms with Gasteiger partial charge < -0.3 is 14.7 Å². The first-order valence-corrected chi connectivity index (χ1v) is 11.7. The standard InChI is InChI=1S/C29H22ClNO3/c30-23-11-6-12-24-28(23)27(22-15-19-13-14-34-26(19)16-25(22)32)29(33)31(24)17-20-9-4-5-10-21(20)18-7-2-1-3-8-18/h1-12,15-16,27,32H,13-14,17H2. The van der Waals surface area contributed by atoms with Crippen LogP contribution in [-0.2, 0) is 17.8 Å². The molecule has 34 heavy (non-hydrogen) atoms. The zero-order valence-electron chi connectivity index (χ0n) is 18.4. The monoisotopic (exact) mass is 467 g/mol. The van der Waals surface area contributed by atoms with Gasteiger partial charge >= 0.3 is 0 Å². The van der Waals surface area contributed by atoms with E-state index in [4.69, 9.17) is 16.3 Å². The van der Waals surface area contributed by atoms with Crippen LogP contribution in [0.1, 0.15) is 28.2 Å². The highest BCUT2D eigenvalue weighted by molar-refractivity contribution is 6.33. The lowest BCUT2D eigenvalue weighted by Crippen LogP contribution is -2.29. The van der Waals surface area contributed by atoms with Crippen molar-refractivity contribution in [2.24, 2.45) is 0 Å². The lowest BCUT2D eigenvalue weighted by molar-refractivity contribution is -0.118. The van der Waals surface area contributed by atoms with Crippen LogP contribution in [0.25, 0.3) is 11.1 Å². The minimum atomic E-state index is -0.668. The Kier molecular flexibility index (Phi) is 5.04. The lowest BCUT2D eigenvalue weighted by Gasteiger charge is -2.21. The van der Waals surface area contributed by atoms with Crippen LogP contribution in [0.2, 0.25) is 5.02 Å². The molecule has 2 aliphatic heterocycles. The molecular weight excluding hydrogens is 446 g/mol. The molecule has 5 heteroatoms. The molecule has 0 aromatic heterocycles. The first kappa shape index (κ1) is 20.8. The summed E-state index contributed by atoms with van der Waals surface area (Å²) in [4.78, 5) is 15.7. The topological polar surface area (TPSA) is 49.8 Å². The predicted molar refractivity (Wildman–Crippen MR) is 134 cm³/mol. The van der Waals surface area contributed by atoms with E-state index in [9.17, 15) is 9.90 Å². The molecule has 1 unspecified atom stereocenters. The molecular formula is C29H22ClNO3. The van der Waals surface area contributed by atoms with E-state index in [0.717, 1.165) is 39.9 Å². The molecule has 0 radical (unpaired) electrons. The largest absolute Gasteiger partial charge is 0.507 e. The summed E-state index contributed by atoms with van der Waals surface area (Å²) in [6.07, 6.45) is 0.757. The van der Waals surface area contributed by atoms with Gasteiger partial charge in [0.2, 0.25) is 5.91 Å². The molecule has 0 saturated carbocycles. The Bertz CT molecular complexity index is 1420.